The molecule has 1 rings (SSSR count). The fraction of sp³-hybridized carbons (Fsp3) is 0.417. The van der Waals surface area contributed by atoms with Crippen LogP contribution in [0.5, 0.6) is 5.75 Å². The SMILES string of the molecule is COCC(=O)N[C@H](C)Cc1ccc(O)cc1. The van der Waals surface area contributed by atoms with E-state index in [1.807, 2.05) is 19.1 Å². The van der Waals surface area contributed by atoms with E-state index in [0.717, 1.165) is 12.0 Å². The molecule has 0 aromatic heterocycles. The number of hydrogen-bond acceptors (Lipinski definition) is 3. The number of rotatable bonds is 5. The number of amides is 1. The molecule has 88 valence electrons. The predicted octanol–water partition coefficient (Wildman–Crippen LogP) is 1.09. The number of aromatic hydroxyl groups is 1. The van der Waals surface area contributed by atoms with Gasteiger partial charge in [0.15, 0.2) is 0 Å². The Morgan fingerprint density at radius 2 is 2.06 bits per heavy atom. The maximum atomic E-state index is 11.2. The van der Waals surface area contributed by atoms with Crippen LogP contribution in [0.4, 0.5) is 0 Å². The van der Waals surface area contributed by atoms with Crippen LogP contribution >= 0.6 is 0 Å². The lowest BCUT2D eigenvalue weighted by Gasteiger charge is -2.13. The quantitative estimate of drug-likeness (QED) is 0.785. The Balaban J connectivity index is 2.42. The summed E-state index contributed by atoms with van der Waals surface area (Å²) in [5, 5.41) is 11.9. The van der Waals surface area contributed by atoms with Gasteiger partial charge in [-0.3, -0.25) is 4.79 Å². The van der Waals surface area contributed by atoms with Gasteiger partial charge in [-0.1, -0.05) is 12.1 Å². The molecule has 2 N–H and O–H groups in total. The van der Waals surface area contributed by atoms with Gasteiger partial charge in [-0.2, -0.15) is 0 Å². The Morgan fingerprint density at radius 3 is 2.62 bits per heavy atom. The molecule has 0 aliphatic rings. The van der Waals surface area contributed by atoms with E-state index < -0.39 is 0 Å². The van der Waals surface area contributed by atoms with Crippen LogP contribution in [0.25, 0.3) is 0 Å². The second kappa shape index (κ2) is 6.12. The van der Waals surface area contributed by atoms with E-state index in [1.165, 1.54) is 7.11 Å². The topological polar surface area (TPSA) is 58.6 Å². The highest BCUT2D eigenvalue weighted by molar-refractivity contribution is 5.77. The highest BCUT2D eigenvalue weighted by atomic mass is 16.5. The van der Waals surface area contributed by atoms with Crippen LogP contribution in [-0.2, 0) is 16.0 Å². The molecule has 0 aliphatic carbocycles. The molecule has 0 bridgehead atoms. The number of methoxy groups -OCH3 is 1. The fourth-order valence-electron chi connectivity index (χ4n) is 1.48. The Kier molecular flexibility index (Phi) is 4.79. The van der Waals surface area contributed by atoms with Crippen molar-refractivity contribution in [3.8, 4) is 5.75 Å². The molecule has 0 unspecified atom stereocenters. The third-order valence-corrected chi connectivity index (χ3v) is 2.16. The number of carbonyl (C=O) groups is 1. The number of benzene rings is 1. The standard InChI is InChI=1S/C12H17NO3/c1-9(13-12(15)8-16-2)7-10-3-5-11(14)6-4-10/h3-6,9,14H,7-8H2,1-2H3,(H,13,15)/t9-/m1/s1. The number of phenolic OH excluding ortho intramolecular Hbond substituents is 1. The summed E-state index contributed by atoms with van der Waals surface area (Å²) >= 11 is 0. The van der Waals surface area contributed by atoms with Gasteiger partial charge < -0.3 is 15.2 Å². The zero-order valence-electron chi connectivity index (χ0n) is 9.56. The van der Waals surface area contributed by atoms with Crippen molar-refractivity contribution in [1.29, 1.82) is 0 Å². The van der Waals surface area contributed by atoms with Gasteiger partial charge in [-0.25, -0.2) is 0 Å². The molecule has 0 saturated carbocycles. The van der Waals surface area contributed by atoms with Crippen molar-refractivity contribution >= 4 is 5.91 Å². The van der Waals surface area contributed by atoms with Gasteiger partial charge in [0.2, 0.25) is 5.91 Å². The lowest BCUT2D eigenvalue weighted by molar-refractivity contribution is -0.125. The molecule has 1 aromatic carbocycles. The molecule has 0 spiro atoms. The summed E-state index contributed by atoms with van der Waals surface area (Å²) in [4.78, 5) is 11.2. The average Bonchev–Trinajstić information content (AvgIpc) is 2.21. The van der Waals surface area contributed by atoms with Crippen LogP contribution in [0.2, 0.25) is 0 Å². The smallest absolute Gasteiger partial charge is 0.246 e. The molecular formula is C12H17NO3. The molecule has 1 aromatic rings. The van der Waals surface area contributed by atoms with Crippen LogP contribution in [0.1, 0.15) is 12.5 Å². The molecule has 0 heterocycles. The minimum Gasteiger partial charge on any atom is -0.508 e. The average molecular weight is 223 g/mol. The molecule has 0 saturated heterocycles. The van der Waals surface area contributed by atoms with Crippen molar-refractivity contribution in [2.75, 3.05) is 13.7 Å². The van der Waals surface area contributed by atoms with Crippen LogP contribution in [0.3, 0.4) is 0 Å². The Morgan fingerprint density at radius 1 is 1.44 bits per heavy atom. The zero-order valence-corrected chi connectivity index (χ0v) is 9.56. The van der Waals surface area contributed by atoms with Crippen molar-refractivity contribution < 1.29 is 14.6 Å². The van der Waals surface area contributed by atoms with Crippen molar-refractivity contribution in [3.05, 3.63) is 29.8 Å². The normalized spacial score (nSPS) is 12.1. The second-order valence-electron chi connectivity index (χ2n) is 3.77. The number of hydrogen-bond donors (Lipinski definition) is 2. The van der Waals surface area contributed by atoms with Crippen molar-refractivity contribution in [1.82, 2.24) is 5.32 Å². The van der Waals surface area contributed by atoms with E-state index in [0.29, 0.717) is 0 Å². The second-order valence-corrected chi connectivity index (χ2v) is 3.77. The van der Waals surface area contributed by atoms with E-state index in [4.69, 9.17) is 9.84 Å². The van der Waals surface area contributed by atoms with E-state index in [2.05, 4.69) is 5.32 Å². The van der Waals surface area contributed by atoms with Gasteiger partial charge in [-0.15, -0.1) is 0 Å². The molecule has 0 aliphatic heterocycles. The third kappa shape index (κ3) is 4.31. The van der Waals surface area contributed by atoms with Gasteiger partial charge in [0.25, 0.3) is 0 Å². The molecule has 0 radical (unpaired) electrons. The van der Waals surface area contributed by atoms with Crippen LogP contribution in [0, 0.1) is 0 Å². The zero-order chi connectivity index (χ0) is 12.0. The minimum absolute atomic E-state index is 0.0483. The summed E-state index contributed by atoms with van der Waals surface area (Å²) in [6.07, 6.45) is 0.732. The van der Waals surface area contributed by atoms with E-state index >= 15 is 0 Å². The maximum absolute atomic E-state index is 11.2. The largest absolute Gasteiger partial charge is 0.508 e. The maximum Gasteiger partial charge on any atom is 0.246 e. The Hall–Kier alpha value is -1.55. The van der Waals surface area contributed by atoms with E-state index in [9.17, 15) is 4.79 Å². The van der Waals surface area contributed by atoms with Crippen LogP contribution in [-0.4, -0.2) is 30.8 Å². The van der Waals surface area contributed by atoms with Crippen LogP contribution in [0.15, 0.2) is 24.3 Å². The van der Waals surface area contributed by atoms with E-state index in [-0.39, 0.29) is 24.3 Å². The number of ether oxygens (including phenoxy) is 1. The number of phenols is 1. The number of carbonyl (C=O) groups excluding carboxylic acids is 1. The highest BCUT2D eigenvalue weighted by Crippen LogP contribution is 2.11. The summed E-state index contributed by atoms with van der Waals surface area (Å²) in [5.41, 5.74) is 1.07. The summed E-state index contributed by atoms with van der Waals surface area (Å²) in [6, 6.07) is 7.01. The van der Waals surface area contributed by atoms with Crippen molar-refractivity contribution in [2.24, 2.45) is 0 Å². The van der Waals surface area contributed by atoms with Crippen LogP contribution < -0.4 is 5.32 Å². The molecule has 4 nitrogen and oxygen atoms in total. The molecule has 16 heavy (non-hydrogen) atoms. The molecule has 1 atom stereocenters. The van der Waals surface area contributed by atoms with Gasteiger partial charge in [0.1, 0.15) is 12.4 Å². The molecule has 4 heteroatoms. The first-order valence-electron chi connectivity index (χ1n) is 5.18. The van der Waals surface area contributed by atoms with Crippen molar-refractivity contribution in [3.63, 3.8) is 0 Å². The summed E-state index contributed by atoms with van der Waals surface area (Å²) in [6.45, 7) is 2.01. The Bertz CT molecular complexity index is 335. The van der Waals surface area contributed by atoms with Gasteiger partial charge in [0, 0.05) is 13.2 Å². The van der Waals surface area contributed by atoms with Gasteiger partial charge in [-0.05, 0) is 31.0 Å². The fourth-order valence-corrected chi connectivity index (χ4v) is 1.48. The monoisotopic (exact) mass is 223 g/mol. The minimum atomic E-state index is -0.117. The Labute approximate surface area is 95.2 Å². The highest BCUT2D eigenvalue weighted by Gasteiger charge is 2.07. The first-order valence-corrected chi connectivity index (χ1v) is 5.18. The molecular weight excluding hydrogens is 206 g/mol. The van der Waals surface area contributed by atoms with E-state index in [1.54, 1.807) is 12.1 Å². The first-order chi connectivity index (χ1) is 7.61. The summed E-state index contributed by atoms with van der Waals surface area (Å²) in [7, 11) is 1.49. The summed E-state index contributed by atoms with van der Waals surface area (Å²) in [5.74, 6) is 0.133. The first kappa shape index (κ1) is 12.5. The lowest BCUT2D eigenvalue weighted by atomic mass is 10.1. The van der Waals surface area contributed by atoms with Gasteiger partial charge >= 0.3 is 0 Å². The van der Waals surface area contributed by atoms with Gasteiger partial charge in [0.05, 0.1) is 0 Å². The molecule has 1 amide bonds. The third-order valence-electron chi connectivity index (χ3n) is 2.16. The lowest BCUT2D eigenvalue weighted by Crippen LogP contribution is -2.36. The molecule has 0 fully saturated rings. The summed E-state index contributed by atoms with van der Waals surface area (Å²) < 4.78 is 4.73. The number of nitrogens with one attached hydrogen (secondary N) is 1. The predicted molar refractivity (Wildman–Crippen MR) is 61.3 cm³/mol. The van der Waals surface area contributed by atoms with Crippen molar-refractivity contribution in [2.45, 2.75) is 19.4 Å².